The SMILES string of the molecule is Cc1nc(Sc2cc(NN)ncn2)n[nH]1. The van der Waals surface area contributed by atoms with E-state index in [-0.39, 0.29) is 0 Å². The number of aryl methyl sites for hydroxylation is 1. The molecule has 0 spiro atoms. The largest absolute Gasteiger partial charge is 0.308 e. The summed E-state index contributed by atoms with van der Waals surface area (Å²) in [4.78, 5) is 12.1. The van der Waals surface area contributed by atoms with E-state index in [4.69, 9.17) is 5.84 Å². The summed E-state index contributed by atoms with van der Waals surface area (Å²) >= 11 is 1.34. The summed E-state index contributed by atoms with van der Waals surface area (Å²) in [7, 11) is 0. The minimum Gasteiger partial charge on any atom is -0.308 e. The molecule has 0 aliphatic carbocycles. The topological polar surface area (TPSA) is 105 Å². The second-order valence-corrected chi connectivity index (χ2v) is 3.68. The van der Waals surface area contributed by atoms with Crippen molar-refractivity contribution in [1.29, 1.82) is 0 Å². The Balaban J connectivity index is 2.16. The molecule has 78 valence electrons. The van der Waals surface area contributed by atoms with Gasteiger partial charge in [-0.1, -0.05) is 0 Å². The maximum absolute atomic E-state index is 5.23. The van der Waals surface area contributed by atoms with Crippen LogP contribution in [0, 0.1) is 6.92 Å². The molecule has 0 aromatic carbocycles. The second kappa shape index (κ2) is 4.24. The normalized spacial score (nSPS) is 10.3. The molecule has 0 radical (unpaired) electrons. The average molecular weight is 223 g/mol. The first-order valence-corrected chi connectivity index (χ1v) is 4.95. The lowest BCUT2D eigenvalue weighted by Crippen LogP contribution is -2.08. The summed E-state index contributed by atoms with van der Waals surface area (Å²) in [6, 6.07) is 1.72. The van der Waals surface area contributed by atoms with Gasteiger partial charge in [0.1, 0.15) is 23.0 Å². The number of nitrogens with one attached hydrogen (secondary N) is 2. The molecule has 2 aromatic heterocycles. The average Bonchev–Trinajstić information content (AvgIpc) is 2.64. The second-order valence-electron chi connectivity index (χ2n) is 2.69. The number of hydrogen-bond donors (Lipinski definition) is 3. The minimum absolute atomic E-state index is 0.555. The van der Waals surface area contributed by atoms with Crippen molar-refractivity contribution in [3.63, 3.8) is 0 Å². The quantitative estimate of drug-likeness (QED) is 0.391. The van der Waals surface area contributed by atoms with Crippen LogP contribution < -0.4 is 11.3 Å². The van der Waals surface area contributed by atoms with Crippen molar-refractivity contribution in [2.45, 2.75) is 17.1 Å². The van der Waals surface area contributed by atoms with Crippen molar-refractivity contribution in [3.8, 4) is 0 Å². The molecule has 0 saturated heterocycles. The maximum Gasteiger partial charge on any atom is 0.214 e. The van der Waals surface area contributed by atoms with Crippen molar-refractivity contribution in [2.24, 2.45) is 5.84 Å². The molecule has 0 atom stereocenters. The van der Waals surface area contributed by atoms with Crippen LogP contribution in [0.5, 0.6) is 0 Å². The Kier molecular flexibility index (Phi) is 2.79. The highest BCUT2D eigenvalue weighted by atomic mass is 32.2. The van der Waals surface area contributed by atoms with Gasteiger partial charge in [-0.05, 0) is 18.7 Å². The molecule has 0 aliphatic heterocycles. The fourth-order valence-electron chi connectivity index (χ4n) is 0.936. The van der Waals surface area contributed by atoms with Crippen LogP contribution in [0.4, 0.5) is 5.82 Å². The molecule has 0 bridgehead atoms. The summed E-state index contributed by atoms with van der Waals surface area (Å²) in [5.74, 6) is 6.55. The number of nitrogen functional groups attached to an aromatic ring is 1. The number of aromatic nitrogens is 5. The third-order valence-electron chi connectivity index (χ3n) is 1.56. The highest BCUT2D eigenvalue weighted by molar-refractivity contribution is 7.99. The fraction of sp³-hybridized carbons (Fsp3) is 0.143. The molecule has 0 fully saturated rings. The molecule has 4 N–H and O–H groups in total. The first-order chi connectivity index (χ1) is 7.28. The number of anilines is 1. The third-order valence-corrected chi connectivity index (χ3v) is 2.36. The van der Waals surface area contributed by atoms with Gasteiger partial charge >= 0.3 is 0 Å². The van der Waals surface area contributed by atoms with Crippen LogP contribution in [0.2, 0.25) is 0 Å². The van der Waals surface area contributed by atoms with Gasteiger partial charge in [0, 0.05) is 6.07 Å². The van der Waals surface area contributed by atoms with Crippen molar-refractivity contribution >= 4 is 17.6 Å². The number of nitrogens with zero attached hydrogens (tertiary/aromatic N) is 4. The van der Waals surface area contributed by atoms with E-state index in [2.05, 4.69) is 30.6 Å². The van der Waals surface area contributed by atoms with Crippen molar-refractivity contribution in [1.82, 2.24) is 25.1 Å². The standard InChI is InChI=1S/C7H9N7S/c1-4-11-7(14-13-4)15-6-2-5(12-8)9-3-10-6/h2-3H,8H2,1H3,(H,9,10,12)(H,11,13,14). The number of aromatic amines is 1. The zero-order chi connectivity index (χ0) is 10.7. The predicted octanol–water partition coefficient (Wildman–Crippen LogP) is 0.340. The molecule has 8 heteroatoms. The lowest BCUT2D eigenvalue weighted by atomic mass is 10.6. The summed E-state index contributed by atoms with van der Waals surface area (Å²) in [6.07, 6.45) is 1.43. The van der Waals surface area contributed by atoms with Gasteiger partial charge < -0.3 is 5.43 Å². The summed E-state index contributed by atoms with van der Waals surface area (Å²) in [5.41, 5.74) is 2.45. The molecule has 0 unspecified atom stereocenters. The van der Waals surface area contributed by atoms with Gasteiger partial charge in [-0.2, -0.15) is 0 Å². The Morgan fingerprint density at radius 1 is 1.47 bits per heavy atom. The zero-order valence-electron chi connectivity index (χ0n) is 7.93. The smallest absolute Gasteiger partial charge is 0.214 e. The van der Waals surface area contributed by atoms with Gasteiger partial charge in [0.25, 0.3) is 0 Å². The third kappa shape index (κ3) is 2.42. The summed E-state index contributed by atoms with van der Waals surface area (Å²) in [5, 5.41) is 8.09. The molecule has 0 amide bonds. The number of rotatable bonds is 3. The molecular formula is C7H9N7S. The van der Waals surface area contributed by atoms with E-state index >= 15 is 0 Å². The first-order valence-electron chi connectivity index (χ1n) is 4.13. The van der Waals surface area contributed by atoms with Crippen LogP contribution >= 0.6 is 11.8 Å². The number of nitrogens with two attached hydrogens (primary N) is 1. The van der Waals surface area contributed by atoms with Gasteiger partial charge in [0.15, 0.2) is 0 Å². The highest BCUT2D eigenvalue weighted by Gasteiger charge is 2.04. The molecule has 2 heterocycles. The van der Waals surface area contributed by atoms with E-state index in [0.29, 0.717) is 11.0 Å². The summed E-state index contributed by atoms with van der Waals surface area (Å²) in [6.45, 7) is 1.84. The Bertz CT molecular complexity index is 454. The van der Waals surface area contributed by atoms with Crippen LogP contribution in [-0.4, -0.2) is 25.1 Å². The number of H-pyrrole nitrogens is 1. The molecule has 15 heavy (non-hydrogen) atoms. The minimum atomic E-state index is 0.555. The highest BCUT2D eigenvalue weighted by Crippen LogP contribution is 2.22. The number of hydrazine groups is 1. The predicted molar refractivity (Wildman–Crippen MR) is 55.1 cm³/mol. The zero-order valence-corrected chi connectivity index (χ0v) is 8.75. The molecule has 2 rings (SSSR count). The van der Waals surface area contributed by atoms with Gasteiger partial charge in [-0.3, -0.25) is 5.10 Å². The molecule has 0 aliphatic rings. The fourth-order valence-corrected chi connectivity index (χ4v) is 1.67. The molecule has 2 aromatic rings. The van der Waals surface area contributed by atoms with Crippen LogP contribution in [0.3, 0.4) is 0 Å². The van der Waals surface area contributed by atoms with E-state index in [0.717, 1.165) is 10.9 Å². The lowest BCUT2D eigenvalue weighted by molar-refractivity contribution is 0.960. The first kappa shape index (κ1) is 9.87. The molecule has 7 nitrogen and oxygen atoms in total. The van der Waals surface area contributed by atoms with Crippen LogP contribution in [-0.2, 0) is 0 Å². The van der Waals surface area contributed by atoms with Gasteiger partial charge in [-0.15, -0.1) is 5.10 Å². The Morgan fingerprint density at radius 2 is 2.33 bits per heavy atom. The summed E-state index contributed by atoms with van der Waals surface area (Å²) < 4.78 is 0. The van der Waals surface area contributed by atoms with Gasteiger partial charge in [0.2, 0.25) is 5.16 Å². The van der Waals surface area contributed by atoms with E-state index in [1.54, 1.807) is 6.07 Å². The monoisotopic (exact) mass is 223 g/mol. The van der Waals surface area contributed by atoms with E-state index in [1.165, 1.54) is 18.1 Å². The van der Waals surface area contributed by atoms with Crippen molar-refractivity contribution in [2.75, 3.05) is 5.43 Å². The van der Waals surface area contributed by atoms with Crippen molar-refractivity contribution in [3.05, 3.63) is 18.2 Å². The lowest BCUT2D eigenvalue weighted by Gasteiger charge is -1.99. The van der Waals surface area contributed by atoms with E-state index in [1.807, 2.05) is 6.92 Å². The van der Waals surface area contributed by atoms with Gasteiger partial charge in [-0.25, -0.2) is 20.8 Å². The van der Waals surface area contributed by atoms with E-state index < -0.39 is 0 Å². The number of hydrogen-bond acceptors (Lipinski definition) is 7. The van der Waals surface area contributed by atoms with E-state index in [9.17, 15) is 0 Å². The Labute approximate surface area is 89.9 Å². The van der Waals surface area contributed by atoms with Crippen LogP contribution in [0.1, 0.15) is 5.82 Å². The maximum atomic E-state index is 5.23. The van der Waals surface area contributed by atoms with Crippen LogP contribution in [0.25, 0.3) is 0 Å². The molecular weight excluding hydrogens is 214 g/mol. The Hall–Kier alpha value is -1.67. The molecule has 0 saturated carbocycles. The Morgan fingerprint density at radius 3 is 3.00 bits per heavy atom. The van der Waals surface area contributed by atoms with Crippen LogP contribution in [0.15, 0.2) is 22.6 Å². The van der Waals surface area contributed by atoms with Gasteiger partial charge in [0.05, 0.1) is 0 Å². The van der Waals surface area contributed by atoms with Crippen molar-refractivity contribution < 1.29 is 0 Å².